The van der Waals surface area contributed by atoms with E-state index in [4.69, 9.17) is 0 Å². The SMILES string of the molecule is CCCCCN(CCC(NCC)C(C)(C)C)C(C)C. The van der Waals surface area contributed by atoms with Crippen LogP contribution in [0, 0.1) is 5.41 Å². The second-order valence-electron chi connectivity index (χ2n) is 7.10. The van der Waals surface area contributed by atoms with Crippen LogP contribution in [0.1, 0.15) is 74.1 Å². The molecule has 2 heteroatoms. The van der Waals surface area contributed by atoms with Gasteiger partial charge in [0.25, 0.3) is 0 Å². The molecule has 0 spiro atoms. The molecule has 19 heavy (non-hydrogen) atoms. The summed E-state index contributed by atoms with van der Waals surface area (Å²) < 4.78 is 0. The topological polar surface area (TPSA) is 15.3 Å². The Labute approximate surface area is 122 Å². The average Bonchev–Trinajstić information content (AvgIpc) is 2.30. The Kier molecular flexibility index (Phi) is 9.72. The van der Waals surface area contributed by atoms with Gasteiger partial charge in [0.1, 0.15) is 0 Å². The lowest BCUT2D eigenvalue weighted by Gasteiger charge is -2.34. The molecule has 0 fully saturated rings. The van der Waals surface area contributed by atoms with Crippen LogP contribution in [0.15, 0.2) is 0 Å². The van der Waals surface area contributed by atoms with E-state index in [0.29, 0.717) is 17.5 Å². The minimum absolute atomic E-state index is 0.349. The van der Waals surface area contributed by atoms with Crippen molar-refractivity contribution in [3.63, 3.8) is 0 Å². The summed E-state index contributed by atoms with van der Waals surface area (Å²) in [4.78, 5) is 2.64. The second kappa shape index (κ2) is 9.77. The first-order valence-corrected chi connectivity index (χ1v) is 8.30. The summed E-state index contributed by atoms with van der Waals surface area (Å²) in [7, 11) is 0. The van der Waals surface area contributed by atoms with E-state index in [1.165, 1.54) is 38.8 Å². The third-order valence-electron chi connectivity index (χ3n) is 3.98. The summed E-state index contributed by atoms with van der Waals surface area (Å²) in [6, 6.07) is 1.28. The fraction of sp³-hybridized carbons (Fsp3) is 1.00. The van der Waals surface area contributed by atoms with Gasteiger partial charge < -0.3 is 10.2 Å². The Morgan fingerprint density at radius 1 is 1.00 bits per heavy atom. The number of unbranched alkanes of at least 4 members (excludes halogenated alkanes) is 2. The molecule has 0 radical (unpaired) electrons. The number of nitrogens with zero attached hydrogens (tertiary/aromatic N) is 1. The normalized spacial score (nSPS) is 14.4. The van der Waals surface area contributed by atoms with Crippen molar-refractivity contribution in [2.24, 2.45) is 5.41 Å². The van der Waals surface area contributed by atoms with Gasteiger partial charge in [-0.05, 0) is 51.7 Å². The van der Waals surface area contributed by atoms with E-state index >= 15 is 0 Å². The summed E-state index contributed by atoms with van der Waals surface area (Å²) >= 11 is 0. The largest absolute Gasteiger partial charge is 0.314 e. The third kappa shape index (κ3) is 8.65. The van der Waals surface area contributed by atoms with Crippen LogP contribution in [0.4, 0.5) is 0 Å². The molecule has 0 rings (SSSR count). The van der Waals surface area contributed by atoms with Crippen molar-refractivity contribution < 1.29 is 0 Å². The lowest BCUT2D eigenvalue weighted by molar-refractivity contribution is 0.176. The van der Waals surface area contributed by atoms with E-state index < -0.39 is 0 Å². The summed E-state index contributed by atoms with van der Waals surface area (Å²) in [5, 5.41) is 3.66. The van der Waals surface area contributed by atoms with Crippen LogP contribution in [-0.4, -0.2) is 36.6 Å². The summed E-state index contributed by atoms with van der Waals surface area (Å²) in [5.74, 6) is 0. The van der Waals surface area contributed by atoms with Crippen molar-refractivity contribution in [1.82, 2.24) is 10.2 Å². The molecule has 0 aromatic rings. The molecule has 0 saturated carbocycles. The van der Waals surface area contributed by atoms with Gasteiger partial charge in [-0.1, -0.05) is 47.5 Å². The Hall–Kier alpha value is -0.0800. The van der Waals surface area contributed by atoms with Crippen molar-refractivity contribution in [3.05, 3.63) is 0 Å². The highest BCUT2D eigenvalue weighted by Gasteiger charge is 2.24. The van der Waals surface area contributed by atoms with Gasteiger partial charge in [-0.2, -0.15) is 0 Å². The molecule has 0 heterocycles. The highest BCUT2D eigenvalue weighted by atomic mass is 15.1. The van der Waals surface area contributed by atoms with Gasteiger partial charge in [0.15, 0.2) is 0 Å². The predicted octanol–water partition coefficient (Wildman–Crippen LogP) is 4.30. The van der Waals surface area contributed by atoms with Crippen LogP contribution in [0.5, 0.6) is 0 Å². The summed E-state index contributed by atoms with van der Waals surface area (Å²) in [5.41, 5.74) is 0.349. The zero-order valence-corrected chi connectivity index (χ0v) is 14.6. The molecule has 1 atom stereocenters. The van der Waals surface area contributed by atoms with Crippen molar-refractivity contribution >= 4 is 0 Å². The molecule has 0 aromatic heterocycles. The summed E-state index contributed by atoms with van der Waals surface area (Å²) in [6.45, 7) is 19.7. The molecule has 0 bridgehead atoms. The molecule has 2 nitrogen and oxygen atoms in total. The van der Waals surface area contributed by atoms with E-state index in [0.717, 1.165) is 6.54 Å². The first kappa shape index (κ1) is 18.9. The van der Waals surface area contributed by atoms with Gasteiger partial charge in [-0.25, -0.2) is 0 Å². The molecule has 116 valence electrons. The minimum atomic E-state index is 0.349. The Morgan fingerprint density at radius 3 is 2.05 bits per heavy atom. The van der Waals surface area contributed by atoms with Gasteiger partial charge in [0.2, 0.25) is 0 Å². The first-order chi connectivity index (χ1) is 8.82. The van der Waals surface area contributed by atoms with Crippen LogP contribution in [0.2, 0.25) is 0 Å². The van der Waals surface area contributed by atoms with Crippen LogP contribution in [0.3, 0.4) is 0 Å². The maximum atomic E-state index is 3.66. The fourth-order valence-electron chi connectivity index (χ4n) is 2.58. The highest BCUT2D eigenvalue weighted by molar-refractivity contribution is 4.81. The van der Waals surface area contributed by atoms with E-state index in [1.54, 1.807) is 0 Å². The van der Waals surface area contributed by atoms with Crippen molar-refractivity contribution in [2.75, 3.05) is 19.6 Å². The molecule has 0 aliphatic heterocycles. The second-order valence-corrected chi connectivity index (χ2v) is 7.10. The van der Waals surface area contributed by atoms with Crippen LogP contribution >= 0.6 is 0 Å². The zero-order chi connectivity index (χ0) is 14.9. The monoisotopic (exact) mass is 270 g/mol. The quantitative estimate of drug-likeness (QED) is 0.595. The van der Waals surface area contributed by atoms with Crippen LogP contribution < -0.4 is 5.32 Å². The van der Waals surface area contributed by atoms with Crippen LogP contribution in [-0.2, 0) is 0 Å². The van der Waals surface area contributed by atoms with E-state index in [1.807, 2.05) is 0 Å². The number of hydrogen-bond donors (Lipinski definition) is 1. The molecule has 0 saturated heterocycles. The smallest absolute Gasteiger partial charge is 0.0128 e. The van der Waals surface area contributed by atoms with Crippen molar-refractivity contribution in [2.45, 2.75) is 86.2 Å². The Bertz CT molecular complexity index is 206. The Morgan fingerprint density at radius 2 is 1.63 bits per heavy atom. The molecular formula is C17H38N2. The molecule has 0 amide bonds. The van der Waals surface area contributed by atoms with Crippen molar-refractivity contribution in [1.29, 1.82) is 0 Å². The molecular weight excluding hydrogens is 232 g/mol. The van der Waals surface area contributed by atoms with Gasteiger partial charge >= 0.3 is 0 Å². The lowest BCUT2D eigenvalue weighted by atomic mass is 9.84. The molecule has 1 N–H and O–H groups in total. The minimum Gasteiger partial charge on any atom is -0.314 e. The standard InChI is InChI=1S/C17H38N2/c1-8-10-11-13-19(15(3)4)14-12-16(18-9-2)17(5,6)7/h15-16,18H,8-14H2,1-7H3. The zero-order valence-electron chi connectivity index (χ0n) is 14.6. The predicted molar refractivity (Wildman–Crippen MR) is 87.8 cm³/mol. The average molecular weight is 271 g/mol. The molecule has 0 aromatic carbocycles. The van der Waals surface area contributed by atoms with Gasteiger partial charge in [0, 0.05) is 12.1 Å². The lowest BCUT2D eigenvalue weighted by Crippen LogP contribution is -2.44. The van der Waals surface area contributed by atoms with E-state index in [-0.39, 0.29) is 0 Å². The number of rotatable bonds is 10. The number of hydrogen-bond acceptors (Lipinski definition) is 2. The van der Waals surface area contributed by atoms with Crippen LogP contribution in [0.25, 0.3) is 0 Å². The highest BCUT2D eigenvalue weighted by Crippen LogP contribution is 2.22. The van der Waals surface area contributed by atoms with Crippen molar-refractivity contribution in [3.8, 4) is 0 Å². The van der Waals surface area contributed by atoms with E-state index in [2.05, 4.69) is 58.7 Å². The van der Waals surface area contributed by atoms with Gasteiger partial charge in [-0.3, -0.25) is 0 Å². The number of nitrogens with one attached hydrogen (secondary N) is 1. The summed E-state index contributed by atoms with van der Waals surface area (Å²) in [6.07, 6.45) is 5.27. The molecule has 0 aliphatic rings. The third-order valence-corrected chi connectivity index (χ3v) is 3.98. The molecule has 1 unspecified atom stereocenters. The molecule has 0 aliphatic carbocycles. The fourth-order valence-corrected chi connectivity index (χ4v) is 2.58. The Balaban J connectivity index is 4.26. The maximum Gasteiger partial charge on any atom is 0.0128 e. The van der Waals surface area contributed by atoms with Gasteiger partial charge in [0.05, 0.1) is 0 Å². The van der Waals surface area contributed by atoms with E-state index in [9.17, 15) is 0 Å². The maximum absolute atomic E-state index is 3.66. The van der Waals surface area contributed by atoms with Gasteiger partial charge in [-0.15, -0.1) is 0 Å². The first-order valence-electron chi connectivity index (χ1n) is 8.30.